The number of hydrogen-bond donors (Lipinski definition) is 1. The van der Waals surface area contributed by atoms with E-state index >= 15 is 0 Å². The maximum absolute atomic E-state index is 13.8. The molecule has 0 spiro atoms. The molecule has 4 aromatic rings. The van der Waals surface area contributed by atoms with E-state index in [-0.39, 0.29) is 5.16 Å². The minimum Gasteiger partial charge on any atom is -0.320 e. The topological polar surface area (TPSA) is 67.8 Å². The van der Waals surface area contributed by atoms with Crippen molar-refractivity contribution in [1.29, 1.82) is 0 Å². The van der Waals surface area contributed by atoms with Crippen LogP contribution in [0.25, 0.3) is 22.5 Å². The maximum atomic E-state index is 13.8. The van der Waals surface area contributed by atoms with Gasteiger partial charge < -0.3 is 5.32 Å². The highest BCUT2D eigenvalue weighted by Crippen LogP contribution is 2.30. The third-order valence-corrected chi connectivity index (χ3v) is 5.41. The van der Waals surface area contributed by atoms with Gasteiger partial charge in [0.25, 0.3) is 0 Å². The number of benzene rings is 3. The second-order valence-corrected chi connectivity index (χ2v) is 7.75. The van der Waals surface area contributed by atoms with Gasteiger partial charge in [0.15, 0.2) is 23.3 Å². The van der Waals surface area contributed by atoms with Crippen molar-refractivity contribution in [2.75, 3.05) is 11.1 Å². The van der Waals surface area contributed by atoms with Crippen LogP contribution in [0.5, 0.6) is 0 Å². The van der Waals surface area contributed by atoms with Gasteiger partial charge in [0.05, 0.1) is 5.75 Å². The lowest BCUT2D eigenvalue weighted by atomic mass is 10.0. The summed E-state index contributed by atoms with van der Waals surface area (Å²) in [6, 6.07) is 18.3. The first kappa shape index (κ1) is 23.3. The standard InChI is InChI=1S/C23H13F5N4OS/c24-15-16(25)18(27)22(19(28)17(15)26)29-14(33)11-34-23-30-20(12-7-3-1-4-8-12)21(31-32-23)13-9-5-2-6-10-13/h1-10H,11H2,(H,29,33). The number of hydrogen-bond acceptors (Lipinski definition) is 5. The summed E-state index contributed by atoms with van der Waals surface area (Å²) in [6.07, 6.45) is 0. The maximum Gasteiger partial charge on any atom is 0.235 e. The molecule has 1 amide bonds. The van der Waals surface area contributed by atoms with E-state index < -0.39 is 46.4 Å². The first-order valence-electron chi connectivity index (χ1n) is 9.66. The molecule has 5 nitrogen and oxygen atoms in total. The summed E-state index contributed by atoms with van der Waals surface area (Å²) in [4.78, 5) is 16.6. The minimum atomic E-state index is -2.31. The molecule has 11 heteroatoms. The first-order valence-corrected chi connectivity index (χ1v) is 10.6. The van der Waals surface area contributed by atoms with Crippen molar-refractivity contribution < 1.29 is 26.7 Å². The molecule has 0 fully saturated rings. The van der Waals surface area contributed by atoms with Gasteiger partial charge in [0.2, 0.25) is 16.9 Å². The molecular formula is C23H13F5N4OS. The average molecular weight is 488 g/mol. The third kappa shape index (κ3) is 4.74. The summed E-state index contributed by atoms with van der Waals surface area (Å²) in [6.45, 7) is 0. The number of nitrogens with zero attached hydrogens (tertiary/aromatic N) is 3. The number of aromatic nitrogens is 3. The van der Waals surface area contributed by atoms with E-state index in [4.69, 9.17) is 0 Å². The fourth-order valence-electron chi connectivity index (χ4n) is 2.98. The summed E-state index contributed by atoms with van der Waals surface area (Å²) < 4.78 is 67.4. The van der Waals surface area contributed by atoms with Crippen LogP contribution in [0.15, 0.2) is 65.8 Å². The van der Waals surface area contributed by atoms with E-state index in [2.05, 4.69) is 15.2 Å². The molecular weight excluding hydrogens is 475 g/mol. The molecule has 172 valence electrons. The second kappa shape index (κ2) is 9.96. The van der Waals surface area contributed by atoms with Crippen molar-refractivity contribution in [3.05, 3.63) is 89.7 Å². The molecule has 0 bridgehead atoms. The van der Waals surface area contributed by atoms with E-state index in [1.54, 1.807) is 5.32 Å². The molecule has 0 aliphatic carbocycles. The first-order chi connectivity index (χ1) is 16.4. The highest BCUT2D eigenvalue weighted by Gasteiger charge is 2.27. The van der Waals surface area contributed by atoms with Gasteiger partial charge in [0.1, 0.15) is 17.1 Å². The normalized spacial score (nSPS) is 10.9. The number of carbonyl (C=O) groups is 1. The summed E-state index contributed by atoms with van der Waals surface area (Å²) in [5, 5.41) is 10.0. The van der Waals surface area contributed by atoms with Gasteiger partial charge in [-0.3, -0.25) is 4.79 Å². The van der Waals surface area contributed by atoms with Gasteiger partial charge in [-0.25, -0.2) is 26.9 Å². The van der Waals surface area contributed by atoms with Crippen LogP contribution in [0.3, 0.4) is 0 Å². The Morgan fingerprint density at radius 2 is 1.21 bits per heavy atom. The monoisotopic (exact) mass is 488 g/mol. The number of nitrogens with one attached hydrogen (secondary N) is 1. The molecule has 1 N–H and O–H groups in total. The number of rotatable bonds is 6. The van der Waals surface area contributed by atoms with Crippen LogP contribution in [0.1, 0.15) is 0 Å². The summed E-state index contributed by atoms with van der Waals surface area (Å²) in [5.74, 6) is -12.4. The van der Waals surface area contributed by atoms with E-state index in [1.807, 2.05) is 60.7 Å². The zero-order chi connectivity index (χ0) is 24.2. The Balaban J connectivity index is 1.57. The van der Waals surface area contributed by atoms with E-state index in [0.717, 1.165) is 22.9 Å². The molecule has 3 aromatic carbocycles. The van der Waals surface area contributed by atoms with Gasteiger partial charge in [-0.15, -0.1) is 10.2 Å². The Kier molecular flexibility index (Phi) is 6.82. The Labute approximate surface area is 194 Å². The Hall–Kier alpha value is -3.86. The zero-order valence-corrected chi connectivity index (χ0v) is 17.8. The molecule has 4 rings (SSSR count). The van der Waals surface area contributed by atoms with Crippen LogP contribution in [-0.2, 0) is 4.79 Å². The van der Waals surface area contributed by atoms with E-state index in [9.17, 15) is 26.7 Å². The van der Waals surface area contributed by atoms with Gasteiger partial charge >= 0.3 is 0 Å². The highest BCUT2D eigenvalue weighted by atomic mass is 32.2. The largest absolute Gasteiger partial charge is 0.320 e. The Morgan fingerprint density at radius 3 is 1.76 bits per heavy atom. The van der Waals surface area contributed by atoms with Crippen molar-refractivity contribution in [1.82, 2.24) is 15.2 Å². The highest BCUT2D eigenvalue weighted by molar-refractivity contribution is 7.99. The average Bonchev–Trinajstić information content (AvgIpc) is 2.88. The number of anilines is 1. The molecule has 0 radical (unpaired) electrons. The predicted octanol–water partition coefficient (Wildman–Crippen LogP) is 5.63. The summed E-state index contributed by atoms with van der Waals surface area (Å²) >= 11 is 0.781. The molecule has 0 aliphatic rings. The molecule has 1 heterocycles. The smallest absolute Gasteiger partial charge is 0.235 e. The lowest BCUT2D eigenvalue weighted by Gasteiger charge is -2.11. The van der Waals surface area contributed by atoms with Gasteiger partial charge in [-0.1, -0.05) is 72.4 Å². The molecule has 0 aliphatic heterocycles. The quantitative estimate of drug-likeness (QED) is 0.165. The van der Waals surface area contributed by atoms with Crippen LogP contribution in [0.2, 0.25) is 0 Å². The fraction of sp³-hybridized carbons (Fsp3) is 0.0435. The van der Waals surface area contributed by atoms with E-state index in [1.165, 1.54) is 0 Å². The van der Waals surface area contributed by atoms with Crippen molar-refractivity contribution in [3.8, 4) is 22.5 Å². The van der Waals surface area contributed by atoms with Crippen molar-refractivity contribution in [2.45, 2.75) is 5.16 Å². The number of halogens is 5. The SMILES string of the molecule is O=C(CSc1nnc(-c2ccccc2)c(-c2ccccc2)n1)Nc1c(F)c(F)c(F)c(F)c1F. The number of thioether (sulfide) groups is 1. The van der Waals surface area contributed by atoms with Crippen molar-refractivity contribution in [2.24, 2.45) is 0 Å². The predicted molar refractivity (Wildman–Crippen MR) is 116 cm³/mol. The molecule has 34 heavy (non-hydrogen) atoms. The van der Waals surface area contributed by atoms with Crippen LogP contribution in [-0.4, -0.2) is 26.8 Å². The summed E-state index contributed by atoms with van der Waals surface area (Å²) in [5.41, 5.74) is 1.07. The van der Waals surface area contributed by atoms with Gasteiger partial charge in [-0.05, 0) is 0 Å². The zero-order valence-electron chi connectivity index (χ0n) is 17.0. The van der Waals surface area contributed by atoms with Crippen LogP contribution in [0, 0.1) is 29.1 Å². The Bertz CT molecular complexity index is 1330. The lowest BCUT2D eigenvalue weighted by molar-refractivity contribution is -0.113. The molecule has 1 aromatic heterocycles. The fourth-order valence-corrected chi connectivity index (χ4v) is 3.57. The van der Waals surface area contributed by atoms with Crippen LogP contribution < -0.4 is 5.32 Å². The van der Waals surface area contributed by atoms with Crippen LogP contribution >= 0.6 is 11.8 Å². The molecule has 0 atom stereocenters. The third-order valence-electron chi connectivity index (χ3n) is 4.57. The van der Waals surface area contributed by atoms with Gasteiger partial charge in [-0.2, -0.15) is 0 Å². The summed E-state index contributed by atoms with van der Waals surface area (Å²) in [7, 11) is 0. The molecule has 0 unspecified atom stereocenters. The molecule has 0 saturated heterocycles. The van der Waals surface area contributed by atoms with Crippen molar-refractivity contribution >= 4 is 23.4 Å². The number of carbonyl (C=O) groups excluding carboxylic acids is 1. The van der Waals surface area contributed by atoms with Crippen LogP contribution in [0.4, 0.5) is 27.6 Å². The minimum absolute atomic E-state index is 0.0751. The Morgan fingerprint density at radius 1 is 0.706 bits per heavy atom. The molecule has 0 saturated carbocycles. The number of amides is 1. The van der Waals surface area contributed by atoms with E-state index in [0.29, 0.717) is 11.4 Å². The second-order valence-electron chi connectivity index (χ2n) is 6.81. The lowest BCUT2D eigenvalue weighted by Crippen LogP contribution is -2.18. The van der Waals surface area contributed by atoms with Crippen molar-refractivity contribution in [3.63, 3.8) is 0 Å². The van der Waals surface area contributed by atoms with Gasteiger partial charge in [0, 0.05) is 11.1 Å².